The molecule has 2 heterocycles. The van der Waals surface area contributed by atoms with E-state index in [1.807, 2.05) is 31.2 Å². The van der Waals surface area contributed by atoms with Crippen molar-refractivity contribution in [3.05, 3.63) is 80.0 Å². The van der Waals surface area contributed by atoms with Crippen LogP contribution in [0.15, 0.2) is 53.3 Å². The van der Waals surface area contributed by atoms with Gasteiger partial charge in [0.15, 0.2) is 5.13 Å². The molecule has 0 fully saturated rings. The third kappa shape index (κ3) is 4.18. The molecule has 0 saturated heterocycles. The van der Waals surface area contributed by atoms with E-state index >= 15 is 0 Å². The van der Waals surface area contributed by atoms with Crippen molar-refractivity contribution >= 4 is 44.9 Å². The fraction of sp³-hybridized carbons (Fsp3) is 0.150. The molecule has 4 aromatic rings. The Morgan fingerprint density at radius 2 is 1.93 bits per heavy atom. The van der Waals surface area contributed by atoms with Gasteiger partial charge in [0, 0.05) is 16.3 Å². The van der Waals surface area contributed by atoms with E-state index in [4.69, 9.17) is 11.6 Å². The van der Waals surface area contributed by atoms with Gasteiger partial charge in [-0.15, -0.1) is 16.4 Å². The Morgan fingerprint density at radius 3 is 2.76 bits per heavy atom. The second-order valence-corrected chi connectivity index (χ2v) is 7.90. The van der Waals surface area contributed by atoms with Crippen LogP contribution in [-0.2, 0) is 17.8 Å². The van der Waals surface area contributed by atoms with Gasteiger partial charge in [0.2, 0.25) is 5.91 Å². The normalized spacial score (nSPS) is 11.0. The number of carbonyl (C=O) groups excluding carboxylic acids is 1. The van der Waals surface area contributed by atoms with Crippen LogP contribution >= 0.6 is 22.9 Å². The number of nitrogens with zero attached hydrogens (tertiary/aromatic N) is 4. The zero-order valence-corrected chi connectivity index (χ0v) is 17.0. The van der Waals surface area contributed by atoms with Crippen molar-refractivity contribution in [1.29, 1.82) is 0 Å². The van der Waals surface area contributed by atoms with Crippen molar-refractivity contribution in [2.75, 3.05) is 5.32 Å². The molecule has 0 aliphatic rings. The van der Waals surface area contributed by atoms with Crippen molar-refractivity contribution < 1.29 is 4.79 Å². The minimum atomic E-state index is -0.394. The van der Waals surface area contributed by atoms with E-state index in [0.29, 0.717) is 27.5 Å². The van der Waals surface area contributed by atoms with Crippen molar-refractivity contribution in [2.24, 2.45) is 0 Å². The van der Waals surface area contributed by atoms with Gasteiger partial charge >= 0.3 is 0 Å². The van der Waals surface area contributed by atoms with Gasteiger partial charge in [-0.2, -0.15) is 0 Å². The van der Waals surface area contributed by atoms with Crippen LogP contribution in [0, 0.1) is 6.92 Å². The molecular weight excluding hydrogens is 410 g/mol. The molecule has 0 radical (unpaired) electrons. The molecule has 0 aliphatic heterocycles. The smallest absolute Gasteiger partial charge is 0.278 e. The standard InChI is InChI=1S/C20H16ClN5O2S/c1-12-17(10-13-6-2-4-8-15(13)21)29-20(22-12)23-18(27)11-26-19(28)14-7-3-5-9-16(14)24-25-26/h2-9H,10-11H2,1H3,(H,22,23,27). The van der Waals surface area contributed by atoms with Crippen LogP contribution in [0.1, 0.15) is 16.1 Å². The minimum absolute atomic E-state index is 0.241. The summed E-state index contributed by atoms with van der Waals surface area (Å²) in [5.41, 5.74) is 1.96. The Balaban J connectivity index is 1.49. The number of fused-ring (bicyclic) bond motifs is 1. The zero-order chi connectivity index (χ0) is 20.4. The summed E-state index contributed by atoms with van der Waals surface area (Å²) in [4.78, 5) is 30.3. The number of hydrogen-bond acceptors (Lipinski definition) is 6. The first kappa shape index (κ1) is 19.2. The van der Waals surface area contributed by atoms with Crippen LogP contribution < -0.4 is 10.9 Å². The highest BCUT2D eigenvalue weighted by molar-refractivity contribution is 7.15. The lowest BCUT2D eigenvalue weighted by atomic mass is 10.1. The Hall–Kier alpha value is -3.10. The summed E-state index contributed by atoms with van der Waals surface area (Å²) in [5.74, 6) is -0.394. The number of carbonyl (C=O) groups is 1. The number of benzene rings is 2. The predicted molar refractivity (Wildman–Crippen MR) is 114 cm³/mol. The number of hydrogen-bond donors (Lipinski definition) is 1. The average Bonchev–Trinajstić information content (AvgIpc) is 3.04. The molecule has 1 N–H and O–H groups in total. The highest BCUT2D eigenvalue weighted by atomic mass is 35.5. The largest absolute Gasteiger partial charge is 0.300 e. The van der Waals surface area contributed by atoms with E-state index in [-0.39, 0.29) is 12.1 Å². The van der Waals surface area contributed by atoms with Gasteiger partial charge in [-0.1, -0.05) is 47.1 Å². The SMILES string of the molecule is Cc1nc(NC(=O)Cn2nnc3ccccc3c2=O)sc1Cc1ccccc1Cl. The lowest BCUT2D eigenvalue weighted by Crippen LogP contribution is -2.30. The lowest BCUT2D eigenvalue weighted by Gasteiger charge is -2.04. The van der Waals surface area contributed by atoms with Gasteiger partial charge in [-0.05, 0) is 30.7 Å². The first-order valence-corrected chi connectivity index (χ1v) is 10.0. The molecule has 0 bridgehead atoms. The van der Waals surface area contributed by atoms with Crippen LogP contribution in [0.5, 0.6) is 0 Å². The third-order valence-corrected chi connectivity index (χ3v) is 5.81. The molecule has 9 heteroatoms. The van der Waals surface area contributed by atoms with Gasteiger partial charge in [-0.3, -0.25) is 9.59 Å². The van der Waals surface area contributed by atoms with Gasteiger partial charge in [0.1, 0.15) is 12.1 Å². The van der Waals surface area contributed by atoms with Crippen LogP contribution in [-0.4, -0.2) is 25.9 Å². The molecule has 7 nitrogen and oxygen atoms in total. The fourth-order valence-corrected chi connectivity index (χ4v) is 4.09. The van der Waals surface area contributed by atoms with E-state index in [2.05, 4.69) is 20.6 Å². The summed E-state index contributed by atoms with van der Waals surface area (Å²) in [6, 6.07) is 14.5. The first-order chi connectivity index (χ1) is 14.0. The Kier molecular flexibility index (Phi) is 5.37. The average molecular weight is 426 g/mol. The summed E-state index contributed by atoms with van der Waals surface area (Å²) < 4.78 is 1.04. The maximum atomic E-state index is 12.5. The van der Waals surface area contributed by atoms with Crippen molar-refractivity contribution in [1.82, 2.24) is 20.0 Å². The van der Waals surface area contributed by atoms with E-state index in [1.54, 1.807) is 24.3 Å². The molecule has 29 heavy (non-hydrogen) atoms. The van der Waals surface area contributed by atoms with Crippen LogP contribution in [0.4, 0.5) is 5.13 Å². The second kappa shape index (κ2) is 8.10. The predicted octanol–water partition coefficient (Wildman–Crippen LogP) is 3.44. The Morgan fingerprint density at radius 1 is 1.17 bits per heavy atom. The molecule has 0 atom stereocenters. The number of amides is 1. The summed E-state index contributed by atoms with van der Waals surface area (Å²) in [5, 5.41) is 12.1. The Labute approximate surface area is 175 Å². The second-order valence-electron chi connectivity index (χ2n) is 6.41. The Bertz CT molecular complexity index is 1270. The molecule has 2 aromatic carbocycles. The zero-order valence-electron chi connectivity index (χ0n) is 15.4. The molecule has 2 aromatic heterocycles. The summed E-state index contributed by atoms with van der Waals surface area (Å²) in [6.07, 6.45) is 0.634. The van der Waals surface area contributed by atoms with E-state index in [9.17, 15) is 9.59 Å². The fourth-order valence-electron chi connectivity index (χ4n) is 2.88. The van der Waals surface area contributed by atoms with Gasteiger partial charge in [-0.25, -0.2) is 9.67 Å². The van der Waals surface area contributed by atoms with Crippen LogP contribution in [0.25, 0.3) is 10.9 Å². The molecule has 0 spiro atoms. The molecule has 0 aliphatic carbocycles. The highest BCUT2D eigenvalue weighted by Gasteiger charge is 2.14. The van der Waals surface area contributed by atoms with Crippen LogP contribution in [0.2, 0.25) is 5.02 Å². The number of aromatic nitrogens is 4. The summed E-state index contributed by atoms with van der Waals surface area (Å²) in [6.45, 7) is 1.65. The number of rotatable bonds is 5. The molecule has 0 unspecified atom stereocenters. The van der Waals surface area contributed by atoms with Gasteiger partial charge < -0.3 is 5.32 Å². The molecule has 1 amide bonds. The van der Waals surface area contributed by atoms with Gasteiger partial charge in [0.05, 0.1) is 11.1 Å². The summed E-state index contributed by atoms with van der Waals surface area (Å²) >= 11 is 7.62. The first-order valence-electron chi connectivity index (χ1n) is 8.83. The van der Waals surface area contributed by atoms with Crippen molar-refractivity contribution in [3.63, 3.8) is 0 Å². The number of nitrogens with one attached hydrogen (secondary N) is 1. The van der Waals surface area contributed by atoms with E-state index < -0.39 is 5.91 Å². The van der Waals surface area contributed by atoms with Crippen molar-refractivity contribution in [2.45, 2.75) is 19.9 Å². The topological polar surface area (TPSA) is 89.8 Å². The van der Waals surface area contributed by atoms with Gasteiger partial charge in [0.25, 0.3) is 5.56 Å². The summed E-state index contributed by atoms with van der Waals surface area (Å²) in [7, 11) is 0. The third-order valence-electron chi connectivity index (χ3n) is 4.37. The minimum Gasteiger partial charge on any atom is -0.300 e. The number of halogens is 1. The maximum Gasteiger partial charge on any atom is 0.278 e. The number of anilines is 1. The quantitative estimate of drug-likeness (QED) is 0.529. The number of thiazole rings is 1. The lowest BCUT2D eigenvalue weighted by molar-refractivity contribution is -0.117. The molecular formula is C20H16ClN5O2S. The monoisotopic (exact) mass is 425 g/mol. The number of aryl methyl sites for hydroxylation is 1. The van der Waals surface area contributed by atoms with Crippen molar-refractivity contribution in [3.8, 4) is 0 Å². The molecule has 4 rings (SSSR count). The highest BCUT2D eigenvalue weighted by Crippen LogP contribution is 2.27. The van der Waals surface area contributed by atoms with E-state index in [0.717, 1.165) is 20.8 Å². The van der Waals surface area contributed by atoms with Crippen LogP contribution in [0.3, 0.4) is 0 Å². The maximum absolute atomic E-state index is 12.5. The molecule has 0 saturated carbocycles. The van der Waals surface area contributed by atoms with E-state index in [1.165, 1.54) is 11.3 Å². The molecule has 146 valence electrons.